The third-order valence-corrected chi connectivity index (χ3v) is 3.52. The van der Waals surface area contributed by atoms with Gasteiger partial charge in [-0.2, -0.15) is 13.4 Å². The molecule has 0 aliphatic heterocycles. The van der Waals surface area contributed by atoms with Crippen molar-refractivity contribution in [1.82, 2.24) is 44.3 Å². The van der Waals surface area contributed by atoms with Gasteiger partial charge in [0.05, 0.1) is 37.2 Å². The summed E-state index contributed by atoms with van der Waals surface area (Å²) >= 11 is 0. The molecule has 0 aliphatic carbocycles. The van der Waals surface area contributed by atoms with Crippen molar-refractivity contribution in [2.24, 2.45) is 0 Å². The third-order valence-electron chi connectivity index (χ3n) is 1.78. The van der Waals surface area contributed by atoms with E-state index in [2.05, 4.69) is 30.9 Å². The highest BCUT2D eigenvalue weighted by Crippen LogP contribution is 2.36. The van der Waals surface area contributed by atoms with E-state index >= 15 is 0 Å². The predicted molar refractivity (Wildman–Crippen MR) is 53.2 cm³/mol. The SMILES string of the molecule is c1cn(P(n2ccnn2)n2ccnn2)nn1. The van der Waals surface area contributed by atoms with Crippen molar-refractivity contribution < 1.29 is 0 Å². The van der Waals surface area contributed by atoms with E-state index in [0.29, 0.717) is 0 Å². The summed E-state index contributed by atoms with van der Waals surface area (Å²) in [6, 6.07) is 0. The predicted octanol–water partition coefficient (Wildman–Crippen LogP) is -0.367. The van der Waals surface area contributed by atoms with Crippen LogP contribution >= 0.6 is 8.37 Å². The molecule has 0 fully saturated rings. The Morgan fingerprint density at radius 3 is 1.25 bits per heavy atom. The quantitative estimate of drug-likeness (QED) is 0.575. The monoisotopic (exact) mass is 235 g/mol. The van der Waals surface area contributed by atoms with Gasteiger partial charge in [0.25, 0.3) is 8.37 Å². The zero-order chi connectivity index (χ0) is 10.8. The van der Waals surface area contributed by atoms with Crippen molar-refractivity contribution >= 4 is 8.37 Å². The van der Waals surface area contributed by atoms with E-state index < -0.39 is 8.37 Å². The average Bonchev–Trinajstić information content (AvgIpc) is 3.02. The van der Waals surface area contributed by atoms with Gasteiger partial charge >= 0.3 is 0 Å². The number of hydrogen-bond acceptors (Lipinski definition) is 6. The molecule has 0 aliphatic rings. The highest BCUT2D eigenvalue weighted by molar-refractivity contribution is 7.52. The molecular weight excluding hydrogens is 229 g/mol. The largest absolute Gasteiger partial charge is 0.276 e. The second-order valence-corrected chi connectivity index (χ2v) is 4.50. The Hall–Kier alpha value is -2.15. The van der Waals surface area contributed by atoms with E-state index in [1.165, 1.54) is 0 Å². The molecule has 3 aromatic heterocycles. The Morgan fingerprint density at radius 1 is 0.625 bits per heavy atom. The maximum Gasteiger partial charge on any atom is 0.276 e. The van der Waals surface area contributed by atoms with Crippen molar-refractivity contribution in [2.75, 3.05) is 0 Å². The van der Waals surface area contributed by atoms with E-state index in [0.717, 1.165) is 0 Å². The molecule has 0 spiro atoms. The molecule has 0 saturated carbocycles. The van der Waals surface area contributed by atoms with Crippen LogP contribution in [0.15, 0.2) is 37.2 Å². The minimum absolute atomic E-state index is 1.11. The van der Waals surface area contributed by atoms with Crippen molar-refractivity contribution in [1.29, 1.82) is 0 Å². The second kappa shape index (κ2) is 3.78. The molecule has 0 bridgehead atoms. The molecular formula is C6H6N9P. The van der Waals surface area contributed by atoms with Crippen LogP contribution in [0.4, 0.5) is 0 Å². The van der Waals surface area contributed by atoms with Crippen LogP contribution in [0.1, 0.15) is 0 Å². The van der Waals surface area contributed by atoms with Crippen LogP contribution in [-0.2, 0) is 0 Å². The Kier molecular flexibility index (Phi) is 2.15. The molecule has 0 unspecified atom stereocenters. The summed E-state index contributed by atoms with van der Waals surface area (Å²) in [6.07, 6.45) is 10.0. The zero-order valence-electron chi connectivity index (χ0n) is 7.94. The molecule has 0 amide bonds. The molecule has 3 aromatic rings. The van der Waals surface area contributed by atoms with Crippen LogP contribution < -0.4 is 0 Å². The van der Waals surface area contributed by atoms with E-state index in [1.54, 1.807) is 50.5 Å². The first-order chi connectivity index (χ1) is 7.95. The highest BCUT2D eigenvalue weighted by Gasteiger charge is 2.18. The van der Waals surface area contributed by atoms with Gasteiger partial charge in [-0.15, -0.1) is 15.3 Å². The third kappa shape index (κ3) is 1.47. The first-order valence-corrected chi connectivity index (χ1v) is 5.55. The molecule has 0 aromatic carbocycles. The van der Waals surface area contributed by atoms with E-state index in [-0.39, 0.29) is 0 Å². The Balaban J connectivity index is 2.09. The van der Waals surface area contributed by atoms with Gasteiger partial charge in [-0.3, -0.25) is 0 Å². The molecule has 9 nitrogen and oxygen atoms in total. The lowest BCUT2D eigenvalue weighted by atomic mass is 11.0. The summed E-state index contributed by atoms with van der Waals surface area (Å²) in [6.45, 7) is 0. The summed E-state index contributed by atoms with van der Waals surface area (Å²) < 4.78 is 5.00. The fourth-order valence-electron chi connectivity index (χ4n) is 1.17. The molecule has 0 atom stereocenters. The number of hydrogen-bond donors (Lipinski definition) is 0. The fourth-order valence-corrected chi connectivity index (χ4v) is 2.63. The molecule has 3 heterocycles. The van der Waals surface area contributed by atoms with Crippen molar-refractivity contribution in [3.05, 3.63) is 37.2 Å². The van der Waals surface area contributed by atoms with Crippen LogP contribution in [0.5, 0.6) is 0 Å². The summed E-state index contributed by atoms with van der Waals surface area (Å²) in [5.41, 5.74) is 0. The van der Waals surface area contributed by atoms with E-state index in [9.17, 15) is 0 Å². The van der Waals surface area contributed by atoms with Gasteiger partial charge in [0.2, 0.25) is 0 Å². The lowest BCUT2D eigenvalue weighted by molar-refractivity contribution is 0.764. The summed E-state index contributed by atoms with van der Waals surface area (Å²) in [5.74, 6) is 0. The first kappa shape index (κ1) is 9.10. The van der Waals surface area contributed by atoms with Crippen LogP contribution in [0.25, 0.3) is 0 Å². The zero-order valence-corrected chi connectivity index (χ0v) is 8.83. The number of rotatable bonds is 3. The second-order valence-electron chi connectivity index (χ2n) is 2.74. The van der Waals surface area contributed by atoms with Crippen LogP contribution in [0.2, 0.25) is 0 Å². The average molecular weight is 235 g/mol. The van der Waals surface area contributed by atoms with Gasteiger partial charge in [-0.25, -0.2) is 0 Å². The van der Waals surface area contributed by atoms with Gasteiger partial charge in [-0.1, -0.05) is 15.6 Å². The van der Waals surface area contributed by atoms with Gasteiger partial charge in [0.1, 0.15) is 0 Å². The topological polar surface area (TPSA) is 92.1 Å². The molecule has 16 heavy (non-hydrogen) atoms. The lowest BCUT2D eigenvalue weighted by Gasteiger charge is -2.13. The molecule has 80 valence electrons. The fraction of sp³-hybridized carbons (Fsp3) is 0. The van der Waals surface area contributed by atoms with Crippen molar-refractivity contribution in [3.8, 4) is 0 Å². The van der Waals surface area contributed by atoms with Gasteiger partial charge in [-0.05, 0) is 0 Å². The molecule has 3 rings (SSSR count). The van der Waals surface area contributed by atoms with Crippen LogP contribution in [0.3, 0.4) is 0 Å². The van der Waals surface area contributed by atoms with E-state index in [4.69, 9.17) is 0 Å². The van der Waals surface area contributed by atoms with Gasteiger partial charge in [0, 0.05) is 0 Å². The van der Waals surface area contributed by atoms with Crippen molar-refractivity contribution in [2.45, 2.75) is 0 Å². The van der Waals surface area contributed by atoms with Gasteiger partial charge in [0.15, 0.2) is 0 Å². The van der Waals surface area contributed by atoms with Crippen LogP contribution in [-0.4, -0.2) is 44.3 Å². The minimum Gasteiger partial charge on any atom is -0.189 e. The maximum absolute atomic E-state index is 3.95. The van der Waals surface area contributed by atoms with E-state index in [1.807, 2.05) is 0 Å². The molecule has 10 heteroatoms. The van der Waals surface area contributed by atoms with Crippen molar-refractivity contribution in [3.63, 3.8) is 0 Å². The van der Waals surface area contributed by atoms with Crippen LogP contribution in [0, 0.1) is 0 Å². The smallest absolute Gasteiger partial charge is 0.189 e. The Labute approximate surface area is 90.6 Å². The Bertz CT molecular complexity index is 445. The first-order valence-electron chi connectivity index (χ1n) is 4.35. The Morgan fingerprint density at radius 2 is 1.00 bits per heavy atom. The summed E-state index contributed by atoms with van der Waals surface area (Å²) in [5, 5.41) is 23.1. The highest BCUT2D eigenvalue weighted by atomic mass is 31.1. The molecule has 0 radical (unpaired) electrons. The lowest BCUT2D eigenvalue weighted by Crippen LogP contribution is -2.11. The molecule has 0 saturated heterocycles. The minimum atomic E-state index is -1.11. The molecule has 0 N–H and O–H groups in total. The van der Waals surface area contributed by atoms with Gasteiger partial charge < -0.3 is 0 Å². The number of aromatic nitrogens is 9. The summed E-state index contributed by atoms with van der Waals surface area (Å²) in [4.78, 5) is 0. The number of nitrogens with zero attached hydrogens (tertiary/aromatic N) is 9. The normalized spacial score (nSPS) is 11.1. The standard InChI is InChI=1S/C6H6N9P/c1-4-13(10-7-1)16(14-5-2-8-11-14)15-6-3-9-12-15/h1-6H. The summed E-state index contributed by atoms with van der Waals surface area (Å²) in [7, 11) is -1.11. The maximum atomic E-state index is 3.95.